The first-order chi connectivity index (χ1) is 16.2. The average molecular weight is 439 g/mol. The molecule has 1 atom stereocenters. The first-order valence-corrected chi connectivity index (χ1v) is 11.4. The molecule has 2 amide bonds. The summed E-state index contributed by atoms with van der Waals surface area (Å²) < 4.78 is 6.36. The molecule has 0 unspecified atom stereocenters. The summed E-state index contributed by atoms with van der Waals surface area (Å²) in [6, 6.07) is 25.4. The molecule has 1 fully saturated rings. The van der Waals surface area contributed by atoms with E-state index in [0.717, 1.165) is 36.8 Å². The van der Waals surface area contributed by atoms with Crippen LogP contribution in [-0.2, 0) is 0 Å². The van der Waals surface area contributed by atoms with Crippen LogP contribution in [0.1, 0.15) is 53.2 Å². The lowest BCUT2D eigenvalue weighted by Gasteiger charge is -2.31. The van der Waals surface area contributed by atoms with Crippen molar-refractivity contribution < 1.29 is 14.3 Å². The number of hydrogen-bond donors (Lipinski definition) is 2. The number of rotatable bonds is 6. The van der Waals surface area contributed by atoms with E-state index in [1.807, 2.05) is 72.8 Å². The van der Waals surface area contributed by atoms with Crippen LogP contribution in [0.4, 0.5) is 4.79 Å². The van der Waals surface area contributed by atoms with E-state index >= 15 is 0 Å². The van der Waals surface area contributed by atoms with Crippen LogP contribution >= 0.6 is 0 Å². The molecule has 0 saturated heterocycles. The highest BCUT2D eigenvalue weighted by Crippen LogP contribution is 2.38. The molecule has 3 aromatic carbocycles. The second-order valence-corrected chi connectivity index (χ2v) is 8.44. The lowest BCUT2D eigenvalue weighted by atomic mass is 9.87. The number of carbonyl (C=O) groups excluding carboxylic acids is 2. The quantitative estimate of drug-likeness (QED) is 0.488. The van der Waals surface area contributed by atoms with Gasteiger partial charge in [0.1, 0.15) is 5.75 Å². The third-order valence-corrected chi connectivity index (χ3v) is 6.24. The van der Waals surface area contributed by atoms with E-state index in [0.29, 0.717) is 22.6 Å². The van der Waals surface area contributed by atoms with Gasteiger partial charge >= 0.3 is 6.03 Å². The van der Waals surface area contributed by atoms with Crippen LogP contribution in [0.5, 0.6) is 5.75 Å². The monoisotopic (exact) mass is 438 g/mol. The fourth-order valence-corrected chi connectivity index (χ4v) is 4.63. The molecule has 1 heterocycles. The van der Waals surface area contributed by atoms with E-state index in [1.54, 1.807) is 12.1 Å². The summed E-state index contributed by atoms with van der Waals surface area (Å²) in [6.45, 7) is 0. The molecule has 1 aliphatic heterocycles. The Morgan fingerprint density at radius 2 is 1.45 bits per heavy atom. The first kappa shape index (κ1) is 21.0. The van der Waals surface area contributed by atoms with Crippen molar-refractivity contribution in [1.29, 1.82) is 0 Å². The van der Waals surface area contributed by atoms with Crippen LogP contribution < -0.4 is 15.4 Å². The summed E-state index contributed by atoms with van der Waals surface area (Å²) in [5, 5.41) is 5.88. The van der Waals surface area contributed by atoms with Gasteiger partial charge in [-0.2, -0.15) is 0 Å². The molecule has 5 nitrogen and oxygen atoms in total. The molecule has 2 N–H and O–H groups in total. The van der Waals surface area contributed by atoms with Crippen LogP contribution in [0.3, 0.4) is 0 Å². The SMILES string of the molecule is O=C1NC(c2ccccc2)=C(C(=O)c2ccccc2)[C@@H](c2ccccc2OC2CCCC2)N1. The van der Waals surface area contributed by atoms with Crippen molar-refractivity contribution in [2.45, 2.75) is 37.8 Å². The molecule has 5 heteroatoms. The summed E-state index contributed by atoms with van der Waals surface area (Å²) in [4.78, 5) is 26.6. The number of urea groups is 1. The molecule has 2 aliphatic rings. The lowest BCUT2D eigenvalue weighted by Crippen LogP contribution is -2.45. The van der Waals surface area contributed by atoms with Gasteiger partial charge in [0, 0.05) is 11.1 Å². The maximum Gasteiger partial charge on any atom is 0.320 e. The predicted molar refractivity (Wildman–Crippen MR) is 128 cm³/mol. The largest absolute Gasteiger partial charge is 0.490 e. The molecular weight excluding hydrogens is 412 g/mol. The van der Waals surface area contributed by atoms with E-state index in [9.17, 15) is 9.59 Å². The Labute approximate surface area is 193 Å². The minimum atomic E-state index is -0.640. The molecule has 0 aromatic heterocycles. The van der Waals surface area contributed by atoms with Gasteiger partial charge in [0.25, 0.3) is 0 Å². The summed E-state index contributed by atoms with van der Waals surface area (Å²) >= 11 is 0. The number of ketones is 1. The van der Waals surface area contributed by atoms with Crippen LogP contribution in [0.15, 0.2) is 90.5 Å². The number of benzene rings is 3. The second-order valence-electron chi connectivity index (χ2n) is 8.44. The third kappa shape index (κ3) is 4.40. The van der Waals surface area contributed by atoms with Gasteiger partial charge in [-0.3, -0.25) is 4.79 Å². The van der Waals surface area contributed by atoms with Gasteiger partial charge in [0.05, 0.1) is 23.4 Å². The van der Waals surface area contributed by atoms with Gasteiger partial charge in [-0.05, 0) is 37.3 Å². The molecule has 0 bridgehead atoms. The molecular formula is C28H26N2O3. The minimum absolute atomic E-state index is 0.136. The van der Waals surface area contributed by atoms with Crippen LogP contribution in [0.2, 0.25) is 0 Å². The molecule has 166 valence electrons. The molecule has 3 aromatic rings. The third-order valence-electron chi connectivity index (χ3n) is 6.24. The van der Waals surface area contributed by atoms with Crippen LogP contribution in [0.25, 0.3) is 5.70 Å². The summed E-state index contributed by atoms with van der Waals surface area (Å²) in [5.74, 6) is 0.574. The number of carbonyl (C=O) groups is 2. The first-order valence-electron chi connectivity index (χ1n) is 11.4. The van der Waals surface area contributed by atoms with Crippen molar-refractivity contribution in [3.05, 3.63) is 107 Å². The van der Waals surface area contributed by atoms with Gasteiger partial charge in [-0.15, -0.1) is 0 Å². The van der Waals surface area contributed by atoms with E-state index in [-0.39, 0.29) is 17.9 Å². The number of ether oxygens (including phenoxy) is 1. The van der Waals surface area contributed by atoms with E-state index < -0.39 is 6.04 Å². The van der Waals surface area contributed by atoms with Crippen LogP contribution in [-0.4, -0.2) is 17.9 Å². The number of amides is 2. The fraction of sp³-hybridized carbons (Fsp3) is 0.214. The lowest BCUT2D eigenvalue weighted by molar-refractivity contribution is 0.102. The zero-order valence-corrected chi connectivity index (χ0v) is 18.3. The normalized spacial score (nSPS) is 18.5. The van der Waals surface area contributed by atoms with Crippen molar-refractivity contribution in [3.8, 4) is 5.75 Å². The van der Waals surface area contributed by atoms with Gasteiger partial charge < -0.3 is 15.4 Å². The average Bonchev–Trinajstić information content (AvgIpc) is 3.38. The number of hydrogen-bond acceptors (Lipinski definition) is 3. The predicted octanol–water partition coefficient (Wildman–Crippen LogP) is 5.66. The van der Waals surface area contributed by atoms with E-state index in [4.69, 9.17) is 4.74 Å². The fourth-order valence-electron chi connectivity index (χ4n) is 4.63. The maximum absolute atomic E-state index is 13.8. The van der Waals surface area contributed by atoms with Gasteiger partial charge in [-0.25, -0.2) is 4.79 Å². The van der Waals surface area contributed by atoms with Crippen molar-refractivity contribution in [2.24, 2.45) is 0 Å². The standard InChI is InChI=1S/C28H26N2O3/c31-27(20-13-5-2-6-14-20)24-25(19-11-3-1-4-12-19)29-28(32)30-26(24)22-17-9-10-18-23(22)33-21-15-7-8-16-21/h1-6,9-14,17-18,21,26H,7-8,15-16H2,(H2,29,30,32)/t26-/m1/s1. The van der Waals surface area contributed by atoms with Crippen molar-refractivity contribution in [2.75, 3.05) is 0 Å². The molecule has 0 spiro atoms. The van der Waals surface area contributed by atoms with Crippen molar-refractivity contribution >= 4 is 17.5 Å². The molecule has 33 heavy (non-hydrogen) atoms. The second kappa shape index (κ2) is 9.33. The Morgan fingerprint density at radius 1 is 0.818 bits per heavy atom. The Kier molecular flexibility index (Phi) is 5.94. The topological polar surface area (TPSA) is 67.4 Å². The highest BCUT2D eigenvalue weighted by Gasteiger charge is 2.35. The number of nitrogens with one attached hydrogen (secondary N) is 2. The number of Topliss-reactive ketones (excluding diaryl/α,β-unsaturated/α-hetero) is 1. The van der Waals surface area contributed by atoms with Gasteiger partial charge in [0.2, 0.25) is 0 Å². The van der Waals surface area contributed by atoms with Crippen LogP contribution in [0, 0.1) is 0 Å². The van der Waals surface area contributed by atoms with Gasteiger partial charge in [-0.1, -0.05) is 78.9 Å². The minimum Gasteiger partial charge on any atom is -0.490 e. The number of para-hydroxylation sites is 1. The highest BCUT2D eigenvalue weighted by molar-refractivity contribution is 6.16. The zero-order valence-electron chi connectivity index (χ0n) is 18.3. The molecule has 0 radical (unpaired) electrons. The molecule has 1 saturated carbocycles. The van der Waals surface area contributed by atoms with Crippen molar-refractivity contribution in [3.63, 3.8) is 0 Å². The zero-order chi connectivity index (χ0) is 22.6. The van der Waals surface area contributed by atoms with E-state index in [2.05, 4.69) is 10.6 Å². The Hall–Kier alpha value is -3.86. The van der Waals surface area contributed by atoms with Crippen molar-refractivity contribution in [1.82, 2.24) is 10.6 Å². The Balaban J connectivity index is 1.66. The summed E-state index contributed by atoms with van der Waals surface area (Å²) in [6.07, 6.45) is 4.52. The highest BCUT2D eigenvalue weighted by atomic mass is 16.5. The summed E-state index contributed by atoms with van der Waals surface area (Å²) in [7, 11) is 0. The molecule has 5 rings (SSSR count). The maximum atomic E-state index is 13.8. The summed E-state index contributed by atoms with van der Waals surface area (Å²) in [5.41, 5.74) is 3.15. The smallest absolute Gasteiger partial charge is 0.320 e. The Bertz CT molecular complexity index is 1180. The Morgan fingerprint density at radius 3 is 2.18 bits per heavy atom. The molecule has 1 aliphatic carbocycles. The van der Waals surface area contributed by atoms with Gasteiger partial charge in [0.15, 0.2) is 5.78 Å². The van der Waals surface area contributed by atoms with E-state index in [1.165, 1.54) is 0 Å².